The van der Waals surface area contributed by atoms with Crippen LogP contribution in [0.3, 0.4) is 0 Å². The molecule has 0 fully saturated rings. The number of rotatable bonds is 6. The van der Waals surface area contributed by atoms with Crippen molar-refractivity contribution >= 4 is 17.7 Å². The minimum Gasteiger partial charge on any atom is -0.448 e. The largest absolute Gasteiger partial charge is 0.448 e. The quantitative estimate of drug-likeness (QED) is 0.657. The highest BCUT2D eigenvalue weighted by atomic mass is 16.5. The van der Waals surface area contributed by atoms with E-state index in [9.17, 15) is 9.59 Å². The van der Waals surface area contributed by atoms with Gasteiger partial charge in [-0.3, -0.25) is 4.79 Å². The van der Waals surface area contributed by atoms with Gasteiger partial charge in [0.2, 0.25) is 0 Å². The molecule has 0 spiro atoms. The predicted octanol–water partition coefficient (Wildman–Crippen LogP) is 2.54. The van der Waals surface area contributed by atoms with Crippen LogP contribution in [0.15, 0.2) is 42.6 Å². The molecule has 9 nitrogen and oxygen atoms in total. The van der Waals surface area contributed by atoms with Crippen LogP contribution in [0.5, 0.6) is 0 Å². The van der Waals surface area contributed by atoms with E-state index in [1.165, 1.54) is 11.7 Å². The first-order chi connectivity index (χ1) is 13.4. The summed E-state index contributed by atoms with van der Waals surface area (Å²) in [6.07, 6.45) is 0.585. The lowest BCUT2D eigenvalue weighted by molar-refractivity contribution is -0.123. The van der Waals surface area contributed by atoms with Gasteiger partial charge in [-0.05, 0) is 39.8 Å². The highest BCUT2D eigenvalue weighted by Gasteiger charge is 2.24. The zero-order valence-electron chi connectivity index (χ0n) is 16.2. The topological polar surface area (TPSA) is 104 Å². The molecule has 1 aromatic carbocycles. The van der Waals surface area contributed by atoms with Gasteiger partial charge in [0.05, 0.1) is 17.6 Å². The number of benzene rings is 1. The molecule has 3 rings (SSSR count). The number of esters is 1. The fourth-order valence-corrected chi connectivity index (χ4v) is 2.57. The number of nitrogens with one attached hydrogen (secondary N) is 1. The van der Waals surface area contributed by atoms with Gasteiger partial charge in [0.15, 0.2) is 11.8 Å². The van der Waals surface area contributed by atoms with E-state index in [0.717, 1.165) is 5.69 Å². The molecule has 146 valence electrons. The second-order valence-electron chi connectivity index (χ2n) is 6.55. The van der Waals surface area contributed by atoms with Crippen molar-refractivity contribution in [2.75, 3.05) is 5.32 Å². The number of aromatic nitrogens is 5. The van der Waals surface area contributed by atoms with E-state index in [1.54, 1.807) is 23.9 Å². The average molecular weight is 382 g/mol. The van der Waals surface area contributed by atoms with Crippen molar-refractivity contribution in [3.63, 3.8) is 0 Å². The van der Waals surface area contributed by atoms with Crippen LogP contribution in [-0.2, 0) is 9.53 Å². The van der Waals surface area contributed by atoms with Crippen molar-refractivity contribution in [1.29, 1.82) is 0 Å². The number of amides is 1. The smallest absolute Gasteiger partial charge is 0.361 e. The number of para-hydroxylation sites is 1. The summed E-state index contributed by atoms with van der Waals surface area (Å²) in [5.74, 6) is -0.627. The molecule has 2 heterocycles. The Morgan fingerprint density at radius 1 is 1.07 bits per heavy atom. The van der Waals surface area contributed by atoms with Crippen molar-refractivity contribution in [2.45, 2.75) is 39.8 Å². The molecule has 9 heteroatoms. The van der Waals surface area contributed by atoms with E-state index in [2.05, 4.69) is 20.6 Å². The van der Waals surface area contributed by atoms with E-state index in [4.69, 9.17) is 4.74 Å². The van der Waals surface area contributed by atoms with Crippen LogP contribution in [-0.4, -0.2) is 42.8 Å². The molecule has 0 radical (unpaired) electrons. The van der Waals surface area contributed by atoms with Crippen LogP contribution >= 0.6 is 0 Å². The maximum absolute atomic E-state index is 12.5. The molecule has 0 saturated heterocycles. The second-order valence-corrected chi connectivity index (χ2v) is 6.55. The van der Waals surface area contributed by atoms with Crippen LogP contribution in [0.4, 0.5) is 5.82 Å². The lowest BCUT2D eigenvalue weighted by atomic mass is 10.3. The van der Waals surface area contributed by atoms with Crippen molar-refractivity contribution < 1.29 is 14.3 Å². The van der Waals surface area contributed by atoms with Gasteiger partial charge in [-0.2, -0.15) is 15.0 Å². The molecule has 1 atom stereocenters. The third-order valence-corrected chi connectivity index (χ3v) is 4.03. The zero-order chi connectivity index (χ0) is 20.3. The molecule has 1 N–H and O–H groups in total. The number of anilines is 1. The fraction of sp³-hybridized carbons (Fsp3) is 0.316. The summed E-state index contributed by atoms with van der Waals surface area (Å²) in [4.78, 5) is 26.2. The molecule has 0 saturated carbocycles. The first-order valence-electron chi connectivity index (χ1n) is 8.91. The maximum Gasteiger partial charge on any atom is 0.361 e. The first-order valence-corrected chi connectivity index (χ1v) is 8.91. The van der Waals surface area contributed by atoms with E-state index in [0.29, 0.717) is 11.5 Å². The first kappa shape index (κ1) is 19.3. The number of hydrogen-bond donors (Lipinski definition) is 1. The molecule has 0 aliphatic heterocycles. The molecule has 0 aliphatic rings. The van der Waals surface area contributed by atoms with Crippen molar-refractivity contribution in [1.82, 2.24) is 24.8 Å². The fourth-order valence-electron chi connectivity index (χ4n) is 2.57. The van der Waals surface area contributed by atoms with Gasteiger partial charge in [-0.25, -0.2) is 9.48 Å². The summed E-state index contributed by atoms with van der Waals surface area (Å²) < 4.78 is 6.95. The second kappa shape index (κ2) is 8.03. The van der Waals surface area contributed by atoms with Crippen molar-refractivity contribution in [2.24, 2.45) is 0 Å². The number of carbonyl (C=O) groups is 2. The lowest BCUT2D eigenvalue weighted by Crippen LogP contribution is -2.31. The molecule has 3 aromatic rings. The minimum absolute atomic E-state index is 0.0655. The van der Waals surface area contributed by atoms with Gasteiger partial charge >= 0.3 is 5.97 Å². The van der Waals surface area contributed by atoms with Gasteiger partial charge < -0.3 is 10.1 Å². The molecule has 28 heavy (non-hydrogen) atoms. The molecule has 0 aliphatic carbocycles. The maximum atomic E-state index is 12.5. The highest BCUT2D eigenvalue weighted by Crippen LogP contribution is 2.14. The monoisotopic (exact) mass is 382 g/mol. The number of carbonyl (C=O) groups excluding carboxylic acids is 2. The Hall–Kier alpha value is -3.49. The van der Waals surface area contributed by atoms with Gasteiger partial charge in [0.1, 0.15) is 5.82 Å². The summed E-state index contributed by atoms with van der Waals surface area (Å²) in [6.45, 7) is 7.06. The number of hydrogen-bond acceptors (Lipinski definition) is 6. The number of aryl methyl sites for hydroxylation is 1. The Bertz CT molecular complexity index is 977. The Morgan fingerprint density at radius 2 is 1.79 bits per heavy atom. The summed E-state index contributed by atoms with van der Waals surface area (Å²) in [6, 6.07) is 11.0. The molecule has 0 bridgehead atoms. The predicted molar refractivity (Wildman–Crippen MR) is 102 cm³/mol. The summed E-state index contributed by atoms with van der Waals surface area (Å²) in [5, 5.41) is 15.3. The van der Waals surface area contributed by atoms with Crippen LogP contribution < -0.4 is 5.32 Å². The SMILES string of the molecule is Cc1nn(-c2ccccc2)nc1C(=O)OC(C)C(=O)Nc1ccnn1C(C)C. The summed E-state index contributed by atoms with van der Waals surface area (Å²) in [5.41, 5.74) is 1.20. The number of ether oxygens (including phenoxy) is 1. The van der Waals surface area contributed by atoms with Gasteiger partial charge in [0, 0.05) is 12.1 Å². The Kier molecular flexibility index (Phi) is 5.53. The van der Waals surface area contributed by atoms with E-state index < -0.39 is 18.0 Å². The van der Waals surface area contributed by atoms with Crippen LogP contribution in [0.1, 0.15) is 43.0 Å². The van der Waals surface area contributed by atoms with Crippen molar-refractivity contribution in [3.05, 3.63) is 54.0 Å². The summed E-state index contributed by atoms with van der Waals surface area (Å²) >= 11 is 0. The average Bonchev–Trinajstić information content (AvgIpc) is 3.29. The minimum atomic E-state index is -1.01. The molecular weight excluding hydrogens is 360 g/mol. The third-order valence-electron chi connectivity index (χ3n) is 4.03. The van der Waals surface area contributed by atoms with Crippen LogP contribution in [0, 0.1) is 6.92 Å². The Balaban J connectivity index is 1.68. The van der Waals surface area contributed by atoms with Gasteiger partial charge in [0.25, 0.3) is 5.91 Å². The molecule has 1 unspecified atom stereocenters. The Labute approximate surface area is 162 Å². The molecule has 2 aromatic heterocycles. The zero-order valence-corrected chi connectivity index (χ0v) is 16.2. The van der Waals surface area contributed by atoms with E-state index in [1.807, 2.05) is 44.2 Å². The highest BCUT2D eigenvalue weighted by molar-refractivity contribution is 5.96. The van der Waals surface area contributed by atoms with Crippen LogP contribution in [0.2, 0.25) is 0 Å². The van der Waals surface area contributed by atoms with E-state index >= 15 is 0 Å². The lowest BCUT2D eigenvalue weighted by Gasteiger charge is -2.15. The Morgan fingerprint density at radius 3 is 2.46 bits per heavy atom. The third kappa shape index (κ3) is 4.08. The summed E-state index contributed by atoms with van der Waals surface area (Å²) in [7, 11) is 0. The normalized spacial score (nSPS) is 12.0. The van der Waals surface area contributed by atoms with Crippen molar-refractivity contribution in [3.8, 4) is 5.69 Å². The molecule has 1 amide bonds. The standard InChI is InChI=1S/C19H22N6O3/c1-12(2)24-16(10-11-20-24)21-18(26)14(4)28-19(27)17-13(3)22-25(23-17)15-8-6-5-7-9-15/h5-12,14H,1-4H3,(H,21,26). The van der Waals surface area contributed by atoms with Gasteiger partial charge in [-0.1, -0.05) is 18.2 Å². The van der Waals surface area contributed by atoms with Crippen LogP contribution in [0.25, 0.3) is 5.69 Å². The number of nitrogens with zero attached hydrogens (tertiary/aromatic N) is 5. The van der Waals surface area contributed by atoms with E-state index in [-0.39, 0.29) is 11.7 Å². The van der Waals surface area contributed by atoms with Gasteiger partial charge in [-0.15, -0.1) is 5.10 Å². The molecular formula is C19H22N6O3.